The molecule has 0 unspecified atom stereocenters. The molecule has 4 saturated carbocycles. The second kappa shape index (κ2) is 54.8. The van der Waals surface area contributed by atoms with Crippen molar-refractivity contribution in [3.05, 3.63) is 236 Å². The van der Waals surface area contributed by atoms with E-state index in [0.29, 0.717) is 39.9 Å². The van der Waals surface area contributed by atoms with E-state index in [0.717, 1.165) is 124 Å². The van der Waals surface area contributed by atoms with E-state index in [-0.39, 0.29) is 147 Å². The van der Waals surface area contributed by atoms with Gasteiger partial charge in [-0.15, -0.1) is 0 Å². The number of aliphatic hydroxyl groups is 2. The molecular formula is C81H94Fe2O22Pd+2. The fourth-order valence-electron chi connectivity index (χ4n) is 10.0. The Hall–Kier alpha value is -9.72. The monoisotopic (exact) mass is 1640 g/mol. The van der Waals surface area contributed by atoms with E-state index in [4.69, 9.17) is 48.1 Å². The average molecular weight is 1640 g/mol. The zero-order chi connectivity index (χ0) is 75.2. The van der Waals surface area contributed by atoms with Crippen LogP contribution >= 0.6 is 0 Å². The molecule has 4 N–H and O–H groups in total. The van der Waals surface area contributed by atoms with Gasteiger partial charge in [0.1, 0.15) is 48.6 Å². The van der Waals surface area contributed by atoms with Crippen molar-refractivity contribution in [2.75, 3.05) is 13.6 Å². The molecule has 574 valence electrons. The Labute approximate surface area is 654 Å². The van der Waals surface area contributed by atoms with E-state index >= 15 is 0 Å². The van der Waals surface area contributed by atoms with E-state index in [1.54, 1.807) is 121 Å². The number of allylic oxidation sites excluding steroid dienone is 4. The molecular weight excluding hydrogens is 1540 g/mol. The largest absolute Gasteiger partial charge is 0.512 e. The van der Waals surface area contributed by atoms with Crippen molar-refractivity contribution in [2.24, 2.45) is 17.8 Å². The van der Waals surface area contributed by atoms with E-state index in [9.17, 15) is 47.9 Å². The van der Waals surface area contributed by atoms with Crippen LogP contribution in [0.4, 0.5) is 0 Å². The van der Waals surface area contributed by atoms with Gasteiger partial charge in [-0.05, 0) is 154 Å². The van der Waals surface area contributed by atoms with Crippen molar-refractivity contribution in [2.45, 2.75) is 143 Å². The van der Waals surface area contributed by atoms with E-state index in [2.05, 4.69) is 42.4 Å². The van der Waals surface area contributed by atoms with Gasteiger partial charge in [-0.1, -0.05) is 140 Å². The number of rotatable bonds is 27. The summed E-state index contributed by atoms with van der Waals surface area (Å²) in [7, 11) is 0. The van der Waals surface area contributed by atoms with Crippen LogP contribution in [0.3, 0.4) is 0 Å². The molecule has 0 radical (unpaired) electrons. The number of aliphatic hydroxyl groups excluding tert-OH is 2. The van der Waals surface area contributed by atoms with Gasteiger partial charge < -0.3 is 57.6 Å². The van der Waals surface area contributed by atoms with Crippen LogP contribution < -0.4 is 23.7 Å². The summed E-state index contributed by atoms with van der Waals surface area (Å²) in [6, 6.07) is 33.8. The van der Waals surface area contributed by atoms with Crippen molar-refractivity contribution >= 4 is 59.3 Å². The molecule has 5 aromatic carbocycles. The molecule has 0 aliphatic heterocycles. The molecule has 0 spiro atoms. The molecule has 0 heterocycles. The Morgan fingerprint density at radius 3 is 0.792 bits per heavy atom. The fraction of sp³-hybridized carbons (Fsp3) is 0.333. The van der Waals surface area contributed by atoms with Gasteiger partial charge in [-0.25, -0.2) is 24.0 Å². The molecule has 0 atom stereocenters. The van der Waals surface area contributed by atoms with Crippen LogP contribution in [-0.4, -0.2) is 92.7 Å². The molecule has 106 heavy (non-hydrogen) atoms. The zero-order valence-electron chi connectivity index (χ0n) is 59.6. The molecule has 0 bridgehead atoms. The third-order valence-electron chi connectivity index (χ3n) is 15.6. The van der Waals surface area contributed by atoms with Crippen LogP contribution in [0.25, 0.3) is 0 Å². The molecule has 22 nitrogen and oxygen atoms in total. The maximum Gasteiger partial charge on any atom is 0.350 e. The van der Waals surface area contributed by atoms with Crippen LogP contribution in [-0.2, 0) is 136 Å². The van der Waals surface area contributed by atoms with E-state index in [1.807, 2.05) is 0 Å². The predicted octanol–water partition coefficient (Wildman–Crippen LogP) is 15.2. The first kappa shape index (κ1) is 94.3. The Bertz CT molecular complexity index is 3320. The number of carbonyl (C=O) groups excluding carboxylic acids is 10. The normalized spacial score (nSPS) is 13.3. The summed E-state index contributed by atoms with van der Waals surface area (Å²) < 4.78 is 50.3. The standard InChI is InChI=1S/3C16H18O4.2C14H14O5.C5H10.2Fe.Pd/c3*1-2-15(17)19-11-12-7-9-14(10-8-12)20-16(18)13-5-3-4-6-13;2*1-3-14(17)19-9-18-12-6-4-11(5-7-12)13(16)8-10(2)15;1-2-4-5-3-1;;;/h3*2,7-10,13H,1,3-6,11H2;2*3-8,15H,1,9H2,2H3;1-5H2;;;/p+2. The SMILES string of the molecule is C1CCCC1.C=CC(=O)OCOc1ccc(C(=[OH+])C=C(C)O)cc1.C=CC(=O)OCOc1ccc(C(=[OH+])C=C(C)O)cc1.C=CC(=O)OCc1ccc(OC(=O)C2CCCC2)cc1.C=CC(=O)OCc1ccc(OC(=O)C2CCCC2)cc1.C=CC(=O)OCc1ccc(OC(=O)C2CCCC2)cc1.[Fe].[Fe].[Pd]. The number of ether oxygens (including phenoxy) is 10. The summed E-state index contributed by atoms with van der Waals surface area (Å²) in [5.74, 6) is -0.330. The Balaban J connectivity index is 0.000000646. The minimum absolute atomic E-state index is 0. The van der Waals surface area contributed by atoms with Gasteiger partial charge in [0.25, 0.3) is 0 Å². The van der Waals surface area contributed by atoms with Gasteiger partial charge in [-0.2, -0.15) is 0 Å². The Morgan fingerprint density at radius 2 is 0.575 bits per heavy atom. The van der Waals surface area contributed by atoms with E-state index < -0.39 is 29.8 Å². The third kappa shape index (κ3) is 40.0. The van der Waals surface area contributed by atoms with Gasteiger partial charge in [0, 0.05) is 84.9 Å². The number of hydrogen-bond acceptors (Lipinski definition) is 20. The first-order valence-electron chi connectivity index (χ1n) is 33.8. The van der Waals surface area contributed by atoms with Crippen molar-refractivity contribution in [1.29, 1.82) is 0 Å². The van der Waals surface area contributed by atoms with Crippen molar-refractivity contribution in [3.63, 3.8) is 0 Å². The summed E-state index contributed by atoms with van der Waals surface area (Å²) in [4.78, 5) is 109. The molecule has 4 aliphatic carbocycles. The Morgan fingerprint density at radius 1 is 0.358 bits per heavy atom. The summed E-state index contributed by atoms with van der Waals surface area (Å²) in [5, 5.41) is 18.1. The molecule has 5 aromatic rings. The second-order valence-corrected chi connectivity index (χ2v) is 23.6. The molecule has 4 aliphatic rings. The van der Waals surface area contributed by atoms with Crippen LogP contribution in [0.2, 0.25) is 0 Å². The molecule has 0 aromatic heterocycles. The molecule has 0 amide bonds. The fourth-order valence-corrected chi connectivity index (χ4v) is 10.0. The molecule has 9 rings (SSSR count). The molecule has 0 saturated heterocycles. The second-order valence-electron chi connectivity index (χ2n) is 23.6. The first-order chi connectivity index (χ1) is 49.6. The first-order valence-corrected chi connectivity index (χ1v) is 33.8. The van der Waals surface area contributed by atoms with Gasteiger partial charge in [0.2, 0.25) is 13.6 Å². The van der Waals surface area contributed by atoms with Crippen molar-refractivity contribution in [1.82, 2.24) is 0 Å². The van der Waals surface area contributed by atoms with Crippen LogP contribution in [0.15, 0.2) is 208 Å². The van der Waals surface area contributed by atoms with Gasteiger partial charge in [0.05, 0.1) is 52.6 Å². The number of benzene rings is 5. The minimum atomic E-state index is -0.564. The summed E-state index contributed by atoms with van der Waals surface area (Å²) in [5.41, 5.74) is 3.57. The zero-order valence-corrected chi connectivity index (χ0v) is 63.3. The van der Waals surface area contributed by atoms with Crippen molar-refractivity contribution in [3.8, 4) is 28.7 Å². The topological polar surface area (TPSA) is 312 Å². The van der Waals surface area contributed by atoms with Crippen LogP contribution in [0.1, 0.15) is 151 Å². The summed E-state index contributed by atoms with van der Waals surface area (Å²) >= 11 is 0. The average Bonchev–Trinajstić information content (AvgIpc) is 1.67. The Kier molecular flexibility index (Phi) is 48.8. The quantitative estimate of drug-likeness (QED) is 0.00568. The smallest absolute Gasteiger partial charge is 0.350 e. The van der Waals surface area contributed by atoms with Crippen LogP contribution in [0.5, 0.6) is 28.7 Å². The van der Waals surface area contributed by atoms with Gasteiger partial charge in [-0.3, -0.25) is 24.0 Å². The number of ketones is 2. The minimum Gasteiger partial charge on any atom is -0.512 e. The summed E-state index contributed by atoms with van der Waals surface area (Å²) in [6.45, 7) is 19.5. The maximum atomic E-state index is 11.9. The number of esters is 8. The van der Waals surface area contributed by atoms with Gasteiger partial charge >= 0.3 is 59.3 Å². The van der Waals surface area contributed by atoms with Gasteiger partial charge in [0.15, 0.2) is 0 Å². The maximum absolute atomic E-state index is 11.9. The molecule has 4 fully saturated rings. The number of carbonyl (C=O) groups is 8. The number of hydrogen-bond donors (Lipinski definition) is 2. The molecule has 25 heteroatoms. The predicted molar refractivity (Wildman–Crippen MR) is 386 cm³/mol. The third-order valence-corrected chi connectivity index (χ3v) is 15.6. The van der Waals surface area contributed by atoms with Crippen molar-refractivity contribution < 1.29 is 160 Å². The van der Waals surface area contributed by atoms with Crippen LogP contribution in [0, 0.1) is 17.8 Å². The summed E-state index contributed by atoms with van der Waals surface area (Å²) in [6.07, 6.45) is 27.6. The van der Waals surface area contributed by atoms with E-state index in [1.165, 1.54) is 58.1 Å².